The first-order chi connectivity index (χ1) is 12.6. The summed E-state index contributed by atoms with van der Waals surface area (Å²) in [5, 5.41) is 6.40. The summed E-state index contributed by atoms with van der Waals surface area (Å²) >= 11 is 0. The Morgan fingerprint density at radius 3 is 2.27 bits per heavy atom. The summed E-state index contributed by atoms with van der Waals surface area (Å²) in [5.41, 5.74) is 0.923. The van der Waals surface area contributed by atoms with Crippen molar-refractivity contribution >= 4 is 6.03 Å². The molecule has 5 rings (SSSR count). The Morgan fingerprint density at radius 1 is 1.04 bits per heavy atom. The van der Waals surface area contributed by atoms with Crippen LogP contribution >= 0.6 is 0 Å². The van der Waals surface area contributed by atoms with Crippen LogP contribution in [0.25, 0.3) is 0 Å². The van der Waals surface area contributed by atoms with E-state index in [1.807, 2.05) is 25.1 Å². The third-order valence-corrected chi connectivity index (χ3v) is 6.78. The van der Waals surface area contributed by atoms with Gasteiger partial charge in [-0.25, -0.2) is 4.79 Å². The van der Waals surface area contributed by atoms with Gasteiger partial charge in [0.05, 0.1) is 20.3 Å². The largest absolute Gasteiger partial charge is 0.497 e. The molecule has 1 aromatic rings. The molecule has 0 aliphatic heterocycles. The van der Waals surface area contributed by atoms with E-state index in [2.05, 4.69) is 10.6 Å². The summed E-state index contributed by atoms with van der Waals surface area (Å²) < 4.78 is 10.8. The SMILES string of the molecule is COc1ccc(OC)c(C(C)NC(=O)NC2C3CC4CC(C3)CC2C4)c1. The number of hydrogen-bond donors (Lipinski definition) is 2. The molecule has 0 radical (unpaired) electrons. The van der Waals surface area contributed by atoms with Crippen molar-refractivity contribution in [1.29, 1.82) is 0 Å². The Hall–Kier alpha value is -1.91. The van der Waals surface area contributed by atoms with E-state index >= 15 is 0 Å². The third-order valence-electron chi connectivity index (χ3n) is 6.78. The molecule has 4 saturated carbocycles. The van der Waals surface area contributed by atoms with Crippen LogP contribution in [0.1, 0.15) is 50.6 Å². The van der Waals surface area contributed by atoms with Gasteiger partial charge in [-0.15, -0.1) is 0 Å². The molecule has 0 aromatic heterocycles. The van der Waals surface area contributed by atoms with Crippen LogP contribution in [-0.4, -0.2) is 26.3 Å². The summed E-state index contributed by atoms with van der Waals surface area (Å²) in [6, 6.07) is 5.79. The highest BCUT2D eigenvalue weighted by atomic mass is 16.5. The average molecular weight is 358 g/mol. The Labute approximate surface area is 155 Å². The first-order valence-electron chi connectivity index (χ1n) is 9.86. The highest BCUT2D eigenvalue weighted by Gasteiger charge is 2.48. The van der Waals surface area contributed by atoms with Crippen LogP contribution in [0.4, 0.5) is 4.79 Å². The van der Waals surface area contributed by atoms with Gasteiger partial charge in [0, 0.05) is 11.6 Å². The van der Waals surface area contributed by atoms with Gasteiger partial charge < -0.3 is 20.1 Å². The second-order valence-corrected chi connectivity index (χ2v) is 8.40. The monoisotopic (exact) mass is 358 g/mol. The van der Waals surface area contributed by atoms with Gasteiger partial charge in [-0.3, -0.25) is 0 Å². The molecule has 0 spiro atoms. The highest BCUT2D eigenvalue weighted by molar-refractivity contribution is 5.75. The minimum Gasteiger partial charge on any atom is -0.497 e. The number of methoxy groups -OCH3 is 2. The minimum absolute atomic E-state index is 0.0696. The fourth-order valence-corrected chi connectivity index (χ4v) is 5.81. The Balaban J connectivity index is 1.40. The van der Waals surface area contributed by atoms with E-state index in [1.165, 1.54) is 32.1 Å². The molecule has 0 saturated heterocycles. The summed E-state index contributed by atoms with van der Waals surface area (Å²) in [7, 11) is 3.29. The zero-order valence-corrected chi connectivity index (χ0v) is 16.0. The Morgan fingerprint density at radius 2 is 1.69 bits per heavy atom. The molecule has 0 heterocycles. The molecule has 2 amide bonds. The molecule has 4 fully saturated rings. The fourth-order valence-electron chi connectivity index (χ4n) is 5.81. The van der Waals surface area contributed by atoms with Crippen LogP contribution < -0.4 is 20.1 Å². The van der Waals surface area contributed by atoms with Gasteiger partial charge in [0.25, 0.3) is 0 Å². The van der Waals surface area contributed by atoms with Crippen molar-refractivity contribution in [3.05, 3.63) is 23.8 Å². The number of rotatable bonds is 5. The van der Waals surface area contributed by atoms with Gasteiger partial charge in [0.1, 0.15) is 11.5 Å². The van der Waals surface area contributed by atoms with Gasteiger partial charge in [-0.1, -0.05) is 0 Å². The van der Waals surface area contributed by atoms with Gasteiger partial charge in [-0.2, -0.15) is 0 Å². The maximum Gasteiger partial charge on any atom is 0.315 e. The summed E-state index contributed by atoms with van der Waals surface area (Å²) in [6.07, 6.45) is 6.64. The molecule has 1 aromatic carbocycles. The van der Waals surface area contributed by atoms with E-state index in [0.29, 0.717) is 17.9 Å². The fraction of sp³-hybridized carbons (Fsp3) is 0.667. The lowest BCUT2D eigenvalue weighted by atomic mass is 9.54. The second-order valence-electron chi connectivity index (χ2n) is 8.40. The van der Waals surface area contributed by atoms with E-state index in [-0.39, 0.29) is 12.1 Å². The third kappa shape index (κ3) is 3.24. The molecule has 2 N–H and O–H groups in total. The summed E-state index contributed by atoms with van der Waals surface area (Å²) in [6.45, 7) is 1.98. The van der Waals surface area contributed by atoms with E-state index in [0.717, 1.165) is 28.9 Å². The molecule has 26 heavy (non-hydrogen) atoms. The number of carbonyl (C=O) groups excluding carboxylic acids is 1. The normalized spacial score (nSPS) is 32.8. The number of urea groups is 1. The minimum atomic E-state index is -0.156. The van der Waals surface area contributed by atoms with Crippen molar-refractivity contribution in [3.8, 4) is 11.5 Å². The predicted molar refractivity (Wildman–Crippen MR) is 100 cm³/mol. The van der Waals surface area contributed by atoms with Gasteiger partial charge in [0.2, 0.25) is 0 Å². The molecular weight excluding hydrogens is 328 g/mol. The molecule has 5 heteroatoms. The van der Waals surface area contributed by atoms with E-state index in [9.17, 15) is 4.79 Å². The Bertz CT molecular complexity index is 647. The summed E-state index contributed by atoms with van der Waals surface area (Å²) in [4.78, 5) is 12.7. The molecule has 1 atom stereocenters. The van der Waals surface area contributed by atoms with Crippen molar-refractivity contribution < 1.29 is 14.3 Å². The van der Waals surface area contributed by atoms with Crippen LogP contribution in [0.3, 0.4) is 0 Å². The van der Waals surface area contributed by atoms with Crippen LogP contribution in [0.5, 0.6) is 11.5 Å². The van der Waals surface area contributed by atoms with Crippen molar-refractivity contribution in [2.45, 2.75) is 51.1 Å². The van der Waals surface area contributed by atoms with Crippen LogP contribution in [0.2, 0.25) is 0 Å². The van der Waals surface area contributed by atoms with Crippen LogP contribution in [0, 0.1) is 23.7 Å². The lowest BCUT2D eigenvalue weighted by molar-refractivity contribution is -0.00950. The standard InChI is InChI=1S/C21H30N2O3/c1-12(18-11-17(25-2)4-5-19(18)26-3)22-21(24)23-20-15-7-13-6-14(9-15)10-16(20)8-13/h4-5,11-16,20H,6-10H2,1-3H3,(H2,22,23,24). The van der Waals surface area contributed by atoms with Gasteiger partial charge in [0.15, 0.2) is 0 Å². The maximum absolute atomic E-state index is 12.7. The van der Waals surface area contributed by atoms with Crippen molar-refractivity contribution in [3.63, 3.8) is 0 Å². The number of benzene rings is 1. The average Bonchev–Trinajstić information content (AvgIpc) is 2.63. The lowest BCUT2D eigenvalue weighted by Gasteiger charge is -2.54. The second kappa shape index (κ2) is 7.01. The molecule has 4 bridgehead atoms. The highest BCUT2D eigenvalue weighted by Crippen LogP contribution is 2.53. The van der Waals surface area contributed by atoms with E-state index in [1.54, 1.807) is 14.2 Å². The molecule has 5 nitrogen and oxygen atoms in total. The predicted octanol–water partition coefficient (Wildman–Crippen LogP) is 3.89. The quantitative estimate of drug-likeness (QED) is 0.839. The number of ether oxygens (including phenoxy) is 2. The van der Waals surface area contributed by atoms with Crippen LogP contribution in [-0.2, 0) is 0 Å². The molecule has 1 unspecified atom stereocenters. The first kappa shape index (κ1) is 17.5. The summed E-state index contributed by atoms with van der Waals surface area (Å²) in [5.74, 6) is 4.71. The van der Waals surface area contributed by atoms with E-state index < -0.39 is 0 Å². The number of nitrogens with one attached hydrogen (secondary N) is 2. The molecule has 4 aliphatic rings. The van der Waals surface area contributed by atoms with Crippen molar-refractivity contribution in [2.24, 2.45) is 23.7 Å². The maximum atomic E-state index is 12.7. The zero-order valence-electron chi connectivity index (χ0n) is 16.0. The van der Waals surface area contributed by atoms with Crippen LogP contribution in [0.15, 0.2) is 18.2 Å². The molecular formula is C21H30N2O3. The number of hydrogen-bond acceptors (Lipinski definition) is 3. The molecule has 4 aliphatic carbocycles. The number of amides is 2. The van der Waals surface area contributed by atoms with E-state index in [4.69, 9.17) is 9.47 Å². The smallest absolute Gasteiger partial charge is 0.315 e. The van der Waals surface area contributed by atoms with Gasteiger partial charge >= 0.3 is 6.03 Å². The zero-order chi connectivity index (χ0) is 18.3. The lowest BCUT2D eigenvalue weighted by Crippen LogP contribution is -2.57. The topological polar surface area (TPSA) is 59.6 Å². The van der Waals surface area contributed by atoms with Crippen molar-refractivity contribution in [2.75, 3.05) is 14.2 Å². The Kier molecular flexibility index (Phi) is 4.72. The number of carbonyl (C=O) groups is 1. The van der Waals surface area contributed by atoms with Gasteiger partial charge in [-0.05, 0) is 80.9 Å². The van der Waals surface area contributed by atoms with Crippen molar-refractivity contribution in [1.82, 2.24) is 10.6 Å². The molecule has 142 valence electrons. The first-order valence-corrected chi connectivity index (χ1v) is 9.86.